The molecule has 4 nitrogen and oxygen atoms in total. The highest BCUT2D eigenvalue weighted by molar-refractivity contribution is 5.70. The van der Waals surface area contributed by atoms with Crippen molar-refractivity contribution < 1.29 is 19.0 Å². The Labute approximate surface area is 122 Å². The van der Waals surface area contributed by atoms with Crippen LogP contribution < -0.4 is 10.1 Å². The summed E-state index contributed by atoms with van der Waals surface area (Å²) in [6.45, 7) is 0.254. The highest BCUT2D eigenvalue weighted by atomic mass is 19.1. The molecule has 0 bridgehead atoms. The van der Waals surface area contributed by atoms with Crippen LogP contribution in [0.15, 0.2) is 54.6 Å². The lowest BCUT2D eigenvalue weighted by Gasteiger charge is -2.11. The van der Waals surface area contributed by atoms with Crippen LogP contribution in [0.25, 0.3) is 0 Å². The molecule has 0 heterocycles. The fourth-order valence-corrected chi connectivity index (χ4v) is 1.79. The number of carbonyl (C=O) groups is 1. The minimum atomic E-state index is -0.761. The third-order valence-corrected chi connectivity index (χ3v) is 2.90. The average Bonchev–Trinajstić information content (AvgIpc) is 2.49. The van der Waals surface area contributed by atoms with Crippen molar-refractivity contribution in [2.75, 3.05) is 6.54 Å². The molecule has 0 aliphatic heterocycles. The molecule has 0 aliphatic carbocycles. The predicted octanol–water partition coefficient (Wildman–Crippen LogP) is 3.04. The molecule has 0 fully saturated rings. The molecule has 2 N–H and O–H groups in total. The second kappa shape index (κ2) is 7.40. The van der Waals surface area contributed by atoms with E-state index in [1.54, 1.807) is 24.3 Å². The fourth-order valence-electron chi connectivity index (χ4n) is 1.79. The van der Waals surface area contributed by atoms with Crippen LogP contribution in [0, 0.1) is 5.82 Å². The van der Waals surface area contributed by atoms with Crippen molar-refractivity contribution in [3.05, 3.63) is 66.0 Å². The maximum atomic E-state index is 12.8. The van der Waals surface area contributed by atoms with Crippen molar-refractivity contribution in [1.82, 2.24) is 5.32 Å². The Morgan fingerprint density at radius 2 is 1.81 bits per heavy atom. The normalized spacial score (nSPS) is 11.7. The molecule has 2 rings (SSSR count). The molecule has 1 unspecified atom stereocenters. The number of nitrogens with one attached hydrogen (secondary N) is 1. The second-order valence-electron chi connectivity index (χ2n) is 4.49. The van der Waals surface area contributed by atoms with Crippen molar-refractivity contribution in [3.8, 4) is 5.75 Å². The van der Waals surface area contributed by atoms with E-state index in [2.05, 4.69) is 5.32 Å². The Morgan fingerprint density at radius 1 is 1.14 bits per heavy atom. The van der Waals surface area contributed by atoms with Crippen LogP contribution in [-0.2, 0) is 0 Å². The third kappa shape index (κ3) is 4.89. The maximum Gasteiger partial charge on any atom is 0.412 e. The van der Waals surface area contributed by atoms with Gasteiger partial charge in [0.05, 0.1) is 6.10 Å². The highest BCUT2D eigenvalue weighted by Crippen LogP contribution is 2.16. The van der Waals surface area contributed by atoms with Crippen molar-refractivity contribution in [2.24, 2.45) is 0 Å². The smallest absolute Gasteiger partial charge is 0.410 e. The quantitative estimate of drug-likeness (QED) is 0.889. The summed E-state index contributed by atoms with van der Waals surface area (Å²) in [6.07, 6.45) is -1.02. The fraction of sp³-hybridized carbons (Fsp3) is 0.188. The molecule has 110 valence electrons. The molecule has 0 saturated heterocycles. The Balaban J connectivity index is 1.73. The number of benzene rings is 2. The molecule has 1 amide bonds. The molecule has 0 aliphatic rings. The number of halogens is 1. The molecular formula is C16H16FNO3. The third-order valence-electron chi connectivity index (χ3n) is 2.90. The van der Waals surface area contributed by atoms with Gasteiger partial charge < -0.3 is 15.2 Å². The van der Waals surface area contributed by atoms with Gasteiger partial charge in [-0.1, -0.05) is 30.3 Å². The Kier molecular flexibility index (Phi) is 5.29. The van der Waals surface area contributed by atoms with Gasteiger partial charge in [-0.25, -0.2) is 9.18 Å². The number of carbonyl (C=O) groups excluding carboxylic acids is 1. The lowest BCUT2D eigenvalue weighted by molar-refractivity contribution is 0.163. The summed E-state index contributed by atoms with van der Waals surface area (Å²) in [5.74, 6) is 0.101. The molecule has 21 heavy (non-hydrogen) atoms. The zero-order chi connectivity index (χ0) is 15.1. The zero-order valence-corrected chi connectivity index (χ0v) is 11.3. The second-order valence-corrected chi connectivity index (χ2v) is 4.49. The number of amides is 1. The van der Waals surface area contributed by atoms with Crippen LogP contribution >= 0.6 is 0 Å². The van der Waals surface area contributed by atoms with E-state index < -0.39 is 12.2 Å². The van der Waals surface area contributed by atoms with Crippen molar-refractivity contribution in [3.63, 3.8) is 0 Å². The summed E-state index contributed by atoms with van der Waals surface area (Å²) in [5, 5.41) is 12.4. The summed E-state index contributed by atoms with van der Waals surface area (Å²) in [6, 6.07) is 14.3. The number of aliphatic hydroxyl groups excluding tert-OH is 1. The van der Waals surface area contributed by atoms with Gasteiger partial charge in [-0.3, -0.25) is 0 Å². The van der Waals surface area contributed by atoms with Crippen LogP contribution in [0.2, 0.25) is 0 Å². The lowest BCUT2D eigenvalue weighted by Crippen LogP contribution is -2.28. The van der Waals surface area contributed by atoms with Gasteiger partial charge in [-0.15, -0.1) is 0 Å². The van der Waals surface area contributed by atoms with E-state index in [1.165, 1.54) is 24.3 Å². The number of hydrogen-bond acceptors (Lipinski definition) is 3. The molecule has 0 spiro atoms. The monoisotopic (exact) mass is 289 g/mol. The number of para-hydroxylation sites is 1. The van der Waals surface area contributed by atoms with E-state index >= 15 is 0 Å². The summed E-state index contributed by atoms with van der Waals surface area (Å²) >= 11 is 0. The Hall–Kier alpha value is -2.40. The maximum absolute atomic E-state index is 12.8. The molecule has 5 heteroatoms. The van der Waals surface area contributed by atoms with Gasteiger partial charge in [0.2, 0.25) is 0 Å². The summed E-state index contributed by atoms with van der Waals surface area (Å²) in [5.41, 5.74) is 0.606. The number of ether oxygens (including phenoxy) is 1. The van der Waals surface area contributed by atoms with Gasteiger partial charge in [0.1, 0.15) is 11.6 Å². The lowest BCUT2D eigenvalue weighted by atomic mass is 10.1. The van der Waals surface area contributed by atoms with Crippen LogP contribution in [-0.4, -0.2) is 17.7 Å². The summed E-state index contributed by atoms with van der Waals surface area (Å²) in [7, 11) is 0. The van der Waals surface area contributed by atoms with E-state index in [0.717, 1.165) is 0 Å². The van der Waals surface area contributed by atoms with Crippen LogP contribution in [0.4, 0.5) is 9.18 Å². The first kappa shape index (κ1) is 15.0. The largest absolute Gasteiger partial charge is 0.412 e. The first-order valence-electron chi connectivity index (χ1n) is 6.59. The first-order valence-corrected chi connectivity index (χ1v) is 6.59. The van der Waals surface area contributed by atoms with Gasteiger partial charge in [0.25, 0.3) is 0 Å². The molecule has 1 atom stereocenters. The number of aliphatic hydroxyl groups is 1. The molecule has 0 aromatic heterocycles. The van der Waals surface area contributed by atoms with Gasteiger partial charge in [0, 0.05) is 6.54 Å². The number of rotatable bonds is 5. The van der Waals surface area contributed by atoms with E-state index in [9.17, 15) is 14.3 Å². The van der Waals surface area contributed by atoms with Crippen LogP contribution in [0.3, 0.4) is 0 Å². The molecule has 0 saturated carbocycles. The van der Waals surface area contributed by atoms with Gasteiger partial charge in [0.15, 0.2) is 0 Å². The molecular weight excluding hydrogens is 273 g/mol. The van der Waals surface area contributed by atoms with Gasteiger partial charge in [-0.2, -0.15) is 0 Å². The highest BCUT2D eigenvalue weighted by Gasteiger charge is 2.09. The topological polar surface area (TPSA) is 58.6 Å². The molecule has 2 aromatic rings. The standard InChI is InChI=1S/C16H16FNO3/c17-13-8-6-12(7-9-13)15(19)10-11-18-16(20)21-14-4-2-1-3-5-14/h1-9,15,19H,10-11H2,(H,18,20). The Morgan fingerprint density at radius 3 is 2.48 bits per heavy atom. The van der Waals surface area contributed by atoms with Gasteiger partial charge in [-0.05, 0) is 36.2 Å². The first-order chi connectivity index (χ1) is 10.1. The summed E-state index contributed by atoms with van der Waals surface area (Å²) < 4.78 is 17.8. The minimum Gasteiger partial charge on any atom is -0.410 e. The van der Waals surface area contributed by atoms with Gasteiger partial charge >= 0.3 is 6.09 Å². The SMILES string of the molecule is O=C(NCCC(O)c1ccc(F)cc1)Oc1ccccc1. The van der Waals surface area contributed by atoms with E-state index in [1.807, 2.05) is 6.07 Å². The minimum absolute atomic E-state index is 0.254. The van der Waals surface area contributed by atoms with Crippen LogP contribution in [0.1, 0.15) is 18.1 Å². The van der Waals surface area contributed by atoms with Crippen molar-refractivity contribution >= 4 is 6.09 Å². The van der Waals surface area contributed by atoms with E-state index in [4.69, 9.17) is 4.74 Å². The Bertz CT molecular complexity index is 572. The summed E-state index contributed by atoms with van der Waals surface area (Å²) in [4.78, 5) is 11.5. The van der Waals surface area contributed by atoms with E-state index in [0.29, 0.717) is 17.7 Å². The van der Waals surface area contributed by atoms with Crippen molar-refractivity contribution in [2.45, 2.75) is 12.5 Å². The molecule has 0 radical (unpaired) electrons. The average molecular weight is 289 g/mol. The predicted molar refractivity (Wildman–Crippen MR) is 76.4 cm³/mol. The van der Waals surface area contributed by atoms with Crippen LogP contribution in [0.5, 0.6) is 5.75 Å². The zero-order valence-electron chi connectivity index (χ0n) is 11.3. The number of hydrogen-bond donors (Lipinski definition) is 2. The molecule has 2 aromatic carbocycles. The van der Waals surface area contributed by atoms with E-state index in [-0.39, 0.29) is 12.4 Å². The van der Waals surface area contributed by atoms with Crippen molar-refractivity contribution in [1.29, 1.82) is 0 Å².